The predicted molar refractivity (Wildman–Crippen MR) is 89.3 cm³/mol. The number of benzene rings is 1. The fourth-order valence-electron chi connectivity index (χ4n) is 2.82. The first kappa shape index (κ1) is 16.0. The molecule has 1 aromatic carbocycles. The van der Waals surface area contributed by atoms with Crippen LogP contribution in [0.15, 0.2) is 34.9 Å². The van der Waals surface area contributed by atoms with Gasteiger partial charge in [-0.15, -0.1) is 0 Å². The fourth-order valence-corrected chi connectivity index (χ4v) is 2.95. The molecule has 1 amide bonds. The molecule has 1 aliphatic heterocycles. The number of halogens is 1. The highest BCUT2D eigenvalue weighted by Crippen LogP contribution is 2.21. The highest BCUT2D eigenvalue weighted by Gasteiger charge is 2.20. The minimum atomic E-state index is -0.0138. The molecular weight excluding hydrogens is 314 g/mol. The van der Waals surface area contributed by atoms with Crippen LogP contribution >= 0.6 is 11.6 Å². The Morgan fingerprint density at radius 3 is 2.96 bits per heavy atom. The molecule has 2 aromatic rings. The van der Waals surface area contributed by atoms with E-state index in [-0.39, 0.29) is 18.4 Å². The molecule has 1 fully saturated rings. The molecule has 5 nitrogen and oxygen atoms in total. The Morgan fingerprint density at radius 1 is 1.43 bits per heavy atom. The second-order valence-electron chi connectivity index (χ2n) is 5.97. The van der Waals surface area contributed by atoms with Crippen LogP contribution in [-0.4, -0.2) is 29.5 Å². The van der Waals surface area contributed by atoms with E-state index in [2.05, 4.69) is 22.5 Å². The molecule has 0 spiro atoms. The topological polar surface area (TPSA) is 67.2 Å². The maximum Gasteiger partial charge on any atom is 0.226 e. The van der Waals surface area contributed by atoms with Crippen LogP contribution in [0.25, 0.3) is 11.5 Å². The van der Waals surface area contributed by atoms with Crippen molar-refractivity contribution in [3.8, 4) is 11.5 Å². The van der Waals surface area contributed by atoms with Crippen molar-refractivity contribution < 1.29 is 9.21 Å². The molecule has 2 unspecified atom stereocenters. The molecule has 0 radical (unpaired) electrons. The summed E-state index contributed by atoms with van der Waals surface area (Å²) in [6, 6.07) is 7.93. The number of nitrogens with zero attached hydrogens (tertiary/aromatic N) is 1. The lowest BCUT2D eigenvalue weighted by atomic mass is 10.0. The lowest BCUT2D eigenvalue weighted by Gasteiger charge is -2.28. The van der Waals surface area contributed by atoms with Gasteiger partial charge in [0.1, 0.15) is 6.26 Å². The van der Waals surface area contributed by atoms with Gasteiger partial charge in [-0.05, 0) is 50.6 Å². The molecule has 2 heterocycles. The van der Waals surface area contributed by atoms with E-state index in [1.54, 1.807) is 12.1 Å². The Kier molecular flexibility index (Phi) is 4.98. The fraction of sp³-hybridized carbons (Fsp3) is 0.412. The summed E-state index contributed by atoms with van der Waals surface area (Å²) in [6.07, 6.45) is 3.69. The molecule has 1 aromatic heterocycles. The van der Waals surface area contributed by atoms with E-state index in [4.69, 9.17) is 16.0 Å². The van der Waals surface area contributed by atoms with E-state index in [0.29, 0.717) is 22.6 Å². The van der Waals surface area contributed by atoms with Gasteiger partial charge in [-0.25, -0.2) is 4.98 Å². The first-order valence-corrected chi connectivity index (χ1v) is 8.21. The maximum atomic E-state index is 12.1. The molecule has 23 heavy (non-hydrogen) atoms. The van der Waals surface area contributed by atoms with Crippen molar-refractivity contribution in [1.82, 2.24) is 15.6 Å². The predicted octanol–water partition coefficient (Wildman–Crippen LogP) is 2.79. The molecule has 0 saturated carbocycles. The summed E-state index contributed by atoms with van der Waals surface area (Å²) >= 11 is 5.87. The van der Waals surface area contributed by atoms with Crippen molar-refractivity contribution in [1.29, 1.82) is 0 Å². The molecule has 3 rings (SSSR count). The van der Waals surface area contributed by atoms with E-state index in [0.717, 1.165) is 24.9 Å². The molecule has 2 N–H and O–H groups in total. The Morgan fingerprint density at radius 2 is 2.22 bits per heavy atom. The molecule has 0 aliphatic carbocycles. The van der Waals surface area contributed by atoms with Gasteiger partial charge >= 0.3 is 0 Å². The second kappa shape index (κ2) is 7.15. The molecule has 122 valence electrons. The van der Waals surface area contributed by atoms with Crippen molar-refractivity contribution in [2.75, 3.05) is 6.54 Å². The molecule has 1 aliphatic rings. The first-order valence-electron chi connectivity index (χ1n) is 7.83. The summed E-state index contributed by atoms with van der Waals surface area (Å²) in [7, 11) is 0. The van der Waals surface area contributed by atoms with Crippen LogP contribution in [0.1, 0.15) is 25.5 Å². The Hall–Kier alpha value is -1.85. The van der Waals surface area contributed by atoms with Gasteiger partial charge in [0.25, 0.3) is 0 Å². The van der Waals surface area contributed by atoms with Crippen molar-refractivity contribution >= 4 is 17.5 Å². The van der Waals surface area contributed by atoms with Gasteiger partial charge < -0.3 is 15.1 Å². The number of rotatable bonds is 4. The third-order valence-corrected chi connectivity index (χ3v) is 4.23. The summed E-state index contributed by atoms with van der Waals surface area (Å²) in [6.45, 7) is 3.07. The molecule has 1 saturated heterocycles. The number of nitrogens with one attached hydrogen (secondary N) is 2. The summed E-state index contributed by atoms with van der Waals surface area (Å²) in [5.74, 6) is 0.486. The van der Waals surface area contributed by atoms with Gasteiger partial charge in [0, 0.05) is 22.7 Å². The summed E-state index contributed by atoms with van der Waals surface area (Å²) < 4.78 is 5.45. The largest absolute Gasteiger partial charge is 0.444 e. The van der Waals surface area contributed by atoms with Crippen molar-refractivity contribution in [2.45, 2.75) is 38.3 Å². The number of hydrogen-bond acceptors (Lipinski definition) is 4. The minimum Gasteiger partial charge on any atom is -0.444 e. The highest BCUT2D eigenvalue weighted by molar-refractivity contribution is 6.30. The number of piperidine rings is 1. The second-order valence-corrected chi connectivity index (χ2v) is 6.41. The zero-order valence-electron chi connectivity index (χ0n) is 13.0. The van der Waals surface area contributed by atoms with E-state index < -0.39 is 0 Å². The van der Waals surface area contributed by atoms with Crippen LogP contribution in [0.3, 0.4) is 0 Å². The number of carbonyl (C=O) groups is 1. The number of hydrogen-bond donors (Lipinski definition) is 2. The molecular formula is C17H20ClN3O2. The Balaban J connectivity index is 1.58. The van der Waals surface area contributed by atoms with Gasteiger partial charge in [0.2, 0.25) is 11.8 Å². The smallest absolute Gasteiger partial charge is 0.226 e. The number of aromatic nitrogens is 1. The van der Waals surface area contributed by atoms with E-state index in [9.17, 15) is 4.79 Å². The monoisotopic (exact) mass is 333 g/mol. The molecule has 0 bridgehead atoms. The van der Waals surface area contributed by atoms with Crippen molar-refractivity contribution in [3.63, 3.8) is 0 Å². The van der Waals surface area contributed by atoms with Crippen LogP contribution < -0.4 is 10.6 Å². The maximum absolute atomic E-state index is 12.1. The van der Waals surface area contributed by atoms with E-state index >= 15 is 0 Å². The van der Waals surface area contributed by atoms with Gasteiger partial charge in [-0.1, -0.05) is 11.6 Å². The standard InChI is InChI=1S/C17H20ClN3O2/c1-11-8-14(6-7-19-11)20-16(22)9-15-10-23-17(21-15)12-2-4-13(18)5-3-12/h2-5,10-11,14,19H,6-9H2,1H3,(H,20,22). The molecule has 6 heteroatoms. The van der Waals surface area contributed by atoms with E-state index in [1.807, 2.05) is 12.1 Å². The quantitative estimate of drug-likeness (QED) is 0.903. The summed E-state index contributed by atoms with van der Waals surface area (Å²) in [5.41, 5.74) is 1.47. The van der Waals surface area contributed by atoms with Crippen molar-refractivity contribution in [3.05, 3.63) is 41.2 Å². The van der Waals surface area contributed by atoms with Crippen LogP contribution in [0.2, 0.25) is 5.02 Å². The van der Waals surface area contributed by atoms with E-state index in [1.165, 1.54) is 6.26 Å². The minimum absolute atomic E-state index is 0.0138. The lowest BCUT2D eigenvalue weighted by Crippen LogP contribution is -2.46. The van der Waals surface area contributed by atoms with Crippen LogP contribution in [0.5, 0.6) is 0 Å². The third kappa shape index (κ3) is 4.33. The van der Waals surface area contributed by atoms with Crippen molar-refractivity contribution in [2.24, 2.45) is 0 Å². The normalized spacial score (nSPS) is 21.1. The lowest BCUT2D eigenvalue weighted by molar-refractivity contribution is -0.121. The highest BCUT2D eigenvalue weighted by atomic mass is 35.5. The SMILES string of the molecule is CC1CC(NC(=O)Cc2coc(-c3ccc(Cl)cc3)n2)CCN1. The number of carbonyl (C=O) groups excluding carboxylic acids is 1. The van der Waals surface area contributed by atoms with Gasteiger partial charge in [0.05, 0.1) is 12.1 Å². The van der Waals surface area contributed by atoms with Crippen LogP contribution in [0, 0.1) is 0 Å². The Labute approximate surface area is 140 Å². The number of amides is 1. The van der Waals surface area contributed by atoms with Crippen LogP contribution in [-0.2, 0) is 11.2 Å². The summed E-state index contributed by atoms with van der Waals surface area (Å²) in [5, 5.41) is 7.11. The zero-order valence-corrected chi connectivity index (χ0v) is 13.8. The Bertz CT molecular complexity index is 669. The summed E-state index contributed by atoms with van der Waals surface area (Å²) in [4.78, 5) is 16.5. The van der Waals surface area contributed by atoms with Gasteiger partial charge in [-0.3, -0.25) is 4.79 Å². The molecule has 2 atom stereocenters. The average molecular weight is 334 g/mol. The number of oxazole rings is 1. The average Bonchev–Trinajstić information content (AvgIpc) is 2.96. The zero-order chi connectivity index (χ0) is 16.2. The van der Waals surface area contributed by atoms with Gasteiger partial charge in [0.15, 0.2) is 0 Å². The van der Waals surface area contributed by atoms with Gasteiger partial charge in [-0.2, -0.15) is 0 Å². The first-order chi connectivity index (χ1) is 11.1. The van der Waals surface area contributed by atoms with Crippen LogP contribution in [0.4, 0.5) is 0 Å². The third-order valence-electron chi connectivity index (χ3n) is 3.97.